The van der Waals surface area contributed by atoms with Crippen molar-refractivity contribution in [1.29, 1.82) is 0 Å². The average molecular weight is 232 g/mol. The Morgan fingerprint density at radius 3 is 3.00 bits per heavy atom. The molecule has 0 amide bonds. The van der Waals surface area contributed by atoms with Gasteiger partial charge in [-0.25, -0.2) is 0 Å². The maximum absolute atomic E-state index is 5.81. The number of nitrogens with two attached hydrogens (primary N) is 1. The van der Waals surface area contributed by atoms with Crippen LogP contribution in [0.25, 0.3) is 0 Å². The van der Waals surface area contributed by atoms with Crippen molar-refractivity contribution in [3.05, 3.63) is 29.8 Å². The molecule has 17 heavy (non-hydrogen) atoms. The van der Waals surface area contributed by atoms with Crippen LogP contribution in [0.3, 0.4) is 0 Å². The van der Waals surface area contributed by atoms with E-state index in [2.05, 4.69) is 30.0 Å². The summed E-state index contributed by atoms with van der Waals surface area (Å²) in [5, 5.41) is 0. The van der Waals surface area contributed by atoms with Crippen molar-refractivity contribution in [1.82, 2.24) is 4.90 Å². The molecule has 0 aliphatic carbocycles. The average Bonchev–Trinajstić information content (AvgIpc) is 2.37. The minimum atomic E-state index is 0.810. The summed E-state index contributed by atoms with van der Waals surface area (Å²) in [5.74, 6) is 0. The van der Waals surface area contributed by atoms with Crippen LogP contribution in [0, 0.1) is 0 Å². The first-order valence-corrected chi connectivity index (χ1v) is 6.88. The number of hydrogen-bond acceptors (Lipinski definition) is 2. The van der Waals surface area contributed by atoms with Crippen LogP contribution in [-0.2, 0) is 6.42 Å². The second-order valence-corrected chi connectivity index (χ2v) is 5.09. The molecule has 0 saturated carbocycles. The molecule has 1 heterocycles. The highest BCUT2D eigenvalue weighted by Crippen LogP contribution is 2.20. The standard InChI is InChI=1S/C15H24N2/c1-2-15-8-3-4-10-17(15)11-9-13-6-5-7-14(16)12-13/h5-7,12,15H,2-4,8-11,16H2,1H3. The molecule has 2 nitrogen and oxygen atoms in total. The minimum absolute atomic E-state index is 0.810. The van der Waals surface area contributed by atoms with E-state index in [1.807, 2.05) is 6.07 Å². The van der Waals surface area contributed by atoms with E-state index >= 15 is 0 Å². The van der Waals surface area contributed by atoms with Gasteiger partial charge in [-0.2, -0.15) is 0 Å². The van der Waals surface area contributed by atoms with Crippen molar-refractivity contribution >= 4 is 5.69 Å². The predicted molar refractivity (Wildman–Crippen MR) is 74.1 cm³/mol. The molecule has 1 unspecified atom stereocenters. The molecule has 1 aliphatic heterocycles. The van der Waals surface area contributed by atoms with E-state index in [9.17, 15) is 0 Å². The molecule has 2 heteroatoms. The molecule has 0 spiro atoms. The fourth-order valence-electron chi connectivity index (χ4n) is 2.84. The topological polar surface area (TPSA) is 29.3 Å². The fraction of sp³-hybridized carbons (Fsp3) is 0.600. The Morgan fingerprint density at radius 1 is 1.35 bits per heavy atom. The Hall–Kier alpha value is -1.02. The highest BCUT2D eigenvalue weighted by atomic mass is 15.2. The van der Waals surface area contributed by atoms with Gasteiger partial charge in [0.2, 0.25) is 0 Å². The zero-order chi connectivity index (χ0) is 12.1. The highest BCUT2D eigenvalue weighted by molar-refractivity contribution is 5.40. The monoisotopic (exact) mass is 232 g/mol. The van der Waals surface area contributed by atoms with Crippen LogP contribution in [-0.4, -0.2) is 24.0 Å². The van der Waals surface area contributed by atoms with Crippen LogP contribution in [0.4, 0.5) is 5.69 Å². The van der Waals surface area contributed by atoms with Crippen molar-refractivity contribution in [2.24, 2.45) is 0 Å². The lowest BCUT2D eigenvalue weighted by Gasteiger charge is -2.35. The van der Waals surface area contributed by atoms with Crippen molar-refractivity contribution in [3.8, 4) is 0 Å². The van der Waals surface area contributed by atoms with Gasteiger partial charge < -0.3 is 10.6 Å². The molecular weight excluding hydrogens is 208 g/mol. The SMILES string of the molecule is CCC1CCCCN1CCc1cccc(N)c1. The Balaban J connectivity index is 1.88. The van der Waals surface area contributed by atoms with Gasteiger partial charge in [-0.3, -0.25) is 0 Å². The Morgan fingerprint density at radius 2 is 2.24 bits per heavy atom. The third-order valence-electron chi connectivity index (χ3n) is 3.86. The Kier molecular flexibility index (Phi) is 4.43. The van der Waals surface area contributed by atoms with E-state index in [0.717, 1.165) is 18.2 Å². The lowest BCUT2D eigenvalue weighted by molar-refractivity contribution is 0.146. The van der Waals surface area contributed by atoms with E-state index in [4.69, 9.17) is 5.73 Å². The molecule has 1 aliphatic rings. The van der Waals surface area contributed by atoms with E-state index in [0.29, 0.717) is 0 Å². The third kappa shape index (κ3) is 3.47. The Labute approximate surface area is 105 Å². The lowest BCUT2D eigenvalue weighted by Crippen LogP contribution is -2.40. The summed E-state index contributed by atoms with van der Waals surface area (Å²) in [7, 11) is 0. The normalized spacial score (nSPS) is 21.6. The van der Waals surface area contributed by atoms with Crippen LogP contribution >= 0.6 is 0 Å². The molecular formula is C15H24N2. The van der Waals surface area contributed by atoms with Gasteiger partial charge in [-0.1, -0.05) is 25.5 Å². The molecule has 1 aromatic rings. The van der Waals surface area contributed by atoms with Crippen LogP contribution < -0.4 is 5.73 Å². The quantitative estimate of drug-likeness (QED) is 0.808. The number of benzene rings is 1. The number of nitrogen functional groups attached to an aromatic ring is 1. The molecule has 1 fully saturated rings. The summed E-state index contributed by atoms with van der Waals surface area (Å²) in [6.07, 6.45) is 6.58. The molecule has 2 rings (SSSR count). The summed E-state index contributed by atoms with van der Waals surface area (Å²) in [5.41, 5.74) is 8.06. The molecule has 0 aromatic heterocycles. The lowest BCUT2D eigenvalue weighted by atomic mass is 9.99. The number of nitrogens with zero attached hydrogens (tertiary/aromatic N) is 1. The number of hydrogen-bond donors (Lipinski definition) is 1. The van der Waals surface area contributed by atoms with Gasteiger partial charge in [-0.15, -0.1) is 0 Å². The van der Waals surface area contributed by atoms with E-state index in [-0.39, 0.29) is 0 Å². The van der Waals surface area contributed by atoms with Crippen molar-refractivity contribution in [2.45, 2.75) is 45.1 Å². The van der Waals surface area contributed by atoms with Gasteiger partial charge in [0.05, 0.1) is 0 Å². The zero-order valence-corrected chi connectivity index (χ0v) is 10.9. The summed E-state index contributed by atoms with van der Waals surface area (Å²) in [4.78, 5) is 2.66. The van der Waals surface area contributed by atoms with Gasteiger partial charge in [0.25, 0.3) is 0 Å². The number of likely N-dealkylation sites (tertiary alicyclic amines) is 1. The maximum atomic E-state index is 5.81. The van der Waals surface area contributed by atoms with Crippen molar-refractivity contribution < 1.29 is 0 Å². The molecule has 2 N–H and O–H groups in total. The van der Waals surface area contributed by atoms with Crippen molar-refractivity contribution in [2.75, 3.05) is 18.8 Å². The van der Waals surface area contributed by atoms with Gasteiger partial charge in [0, 0.05) is 18.3 Å². The van der Waals surface area contributed by atoms with Crippen LogP contribution in [0.2, 0.25) is 0 Å². The van der Waals surface area contributed by atoms with E-state index in [1.165, 1.54) is 44.3 Å². The molecule has 0 bridgehead atoms. The zero-order valence-electron chi connectivity index (χ0n) is 10.9. The highest BCUT2D eigenvalue weighted by Gasteiger charge is 2.19. The Bertz CT molecular complexity index is 349. The molecule has 1 saturated heterocycles. The predicted octanol–water partition coefficient (Wildman–Crippen LogP) is 3.08. The smallest absolute Gasteiger partial charge is 0.0316 e. The van der Waals surface area contributed by atoms with Gasteiger partial charge in [0.1, 0.15) is 0 Å². The van der Waals surface area contributed by atoms with Crippen molar-refractivity contribution in [3.63, 3.8) is 0 Å². The number of rotatable bonds is 4. The molecule has 0 radical (unpaired) electrons. The first-order valence-electron chi connectivity index (χ1n) is 6.88. The van der Waals surface area contributed by atoms with E-state index < -0.39 is 0 Å². The molecule has 1 aromatic carbocycles. The molecule has 94 valence electrons. The summed E-state index contributed by atoms with van der Waals surface area (Å²) in [6.45, 7) is 4.77. The number of anilines is 1. The fourth-order valence-corrected chi connectivity index (χ4v) is 2.84. The largest absolute Gasteiger partial charge is 0.399 e. The first kappa shape index (κ1) is 12.4. The minimum Gasteiger partial charge on any atom is -0.399 e. The number of piperidine rings is 1. The second-order valence-electron chi connectivity index (χ2n) is 5.09. The first-order chi connectivity index (χ1) is 8.29. The summed E-state index contributed by atoms with van der Waals surface area (Å²) in [6, 6.07) is 9.11. The second kappa shape index (κ2) is 6.06. The van der Waals surface area contributed by atoms with Crippen LogP contribution in [0.1, 0.15) is 38.2 Å². The van der Waals surface area contributed by atoms with Gasteiger partial charge in [0.15, 0.2) is 0 Å². The molecule has 1 atom stereocenters. The maximum Gasteiger partial charge on any atom is 0.0316 e. The summed E-state index contributed by atoms with van der Waals surface area (Å²) >= 11 is 0. The van der Waals surface area contributed by atoms with Crippen LogP contribution in [0.5, 0.6) is 0 Å². The van der Waals surface area contributed by atoms with E-state index in [1.54, 1.807) is 0 Å². The van der Waals surface area contributed by atoms with Gasteiger partial charge >= 0.3 is 0 Å². The van der Waals surface area contributed by atoms with Crippen LogP contribution in [0.15, 0.2) is 24.3 Å². The summed E-state index contributed by atoms with van der Waals surface area (Å²) < 4.78 is 0. The third-order valence-corrected chi connectivity index (χ3v) is 3.86. The van der Waals surface area contributed by atoms with Gasteiger partial charge in [-0.05, 0) is 49.9 Å².